The number of rotatable bonds is 3. The van der Waals surface area contributed by atoms with Crippen LogP contribution in [0.1, 0.15) is 36.4 Å². The van der Waals surface area contributed by atoms with Crippen molar-refractivity contribution in [1.29, 1.82) is 0 Å². The van der Waals surface area contributed by atoms with Crippen LogP contribution in [-0.2, 0) is 4.79 Å². The molecule has 144 valence electrons. The summed E-state index contributed by atoms with van der Waals surface area (Å²) in [7, 11) is 0. The summed E-state index contributed by atoms with van der Waals surface area (Å²) in [4.78, 5) is 12.5. The quantitative estimate of drug-likeness (QED) is 0.519. The number of hydrazone groups is 1. The first-order valence-corrected chi connectivity index (χ1v) is 10.5. The summed E-state index contributed by atoms with van der Waals surface area (Å²) in [6.07, 6.45) is 5.12. The Bertz CT molecular complexity index is 935. The van der Waals surface area contributed by atoms with Gasteiger partial charge in [-0.1, -0.05) is 47.5 Å². The number of halogens is 3. The van der Waals surface area contributed by atoms with Crippen LogP contribution in [0.5, 0.6) is 0 Å². The van der Waals surface area contributed by atoms with Gasteiger partial charge in [0.1, 0.15) is 5.88 Å². The maximum Gasteiger partial charge on any atom is 0.258 e. The second kappa shape index (κ2) is 8.28. The molecule has 2 atom stereocenters. The molecule has 6 heteroatoms. The van der Waals surface area contributed by atoms with E-state index in [0.717, 1.165) is 36.1 Å². The third kappa shape index (κ3) is 3.84. The monoisotopic (exact) mass is 432 g/mol. The van der Waals surface area contributed by atoms with E-state index in [9.17, 15) is 4.79 Å². The third-order valence-electron chi connectivity index (χ3n) is 5.29. The number of carbonyl (C=O) groups is 1. The Morgan fingerprint density at radius 3 is 2.36 bits per heavy atom. The van der Waals surface area contributed by atoms with E-state index in [2.05, 4.69) is 6.08 Å². The molecule has 1 saturated carbocycles. The highest BCUT2D eigenvalue weighted by atomic mass is 35.5. The maximum atomic E-state index is 12.5. The Morgan fingerprint density at radius 1 is 1.07 bits per heavy atom. The highest BCUT2D eigenvalue weighted by Crippen LogP contribution is 2.44. The van der Waals surface area contributed by atoms with Crippen LogP contribution in [0, 0.1) is 5.92 Å². The average Bonchev–Trinajstić information content (AvgIpc) is 3.10. The van der Waals surface area contributed by atoms with Crippen LogP contribution >= 0.6 is 34.8 Å². The zero-order valence-corrected chi connectivity index (χ0v) is 17.4. The molecule has 0 aromatic heterocycles. The lowest BCUT2D eigenvalue weighted by molar-refractivity contribution is -0.130. The first-order chi connectivity index (χ1) is 13.6. The van der Waals surface area contributed by atoms with Crippen molar-refractivity contribution in [2.75, 3.05) is 5.88 Å². The summed E-state index contributed by atoms with van der Waals surface area (Å²) in [5.41, 5.74) is 4.26. The third-order valence-corrected chi connectivity index (χ3v) is 6.03. The van der Waals surface area contributed by atoms with Gasteiger partial charge in [-0.15, -0.1) is 11.6 Å². The zero-order chi connectivity index (χ0) is 19.7. The van der Waals surface area contributed by atoms with Gasteiger partial charge >= 0.3 is 0 Å². The van der Waals surface area contributed by atoms with Gasteiger partial charge in [0.25, 0.3) is 5.91 Å². The number of carbonyl (C=O) groups excluding carboxylic acids is 1. The van der Waals surface area contributed by atoms with E-state index in [1.807, 2.05) is 48.5 Å². The van der Waals surface area contributed by atoms with Crippen molar-refractivity contribution in [3.05, 3.63) is 75.3 Å². The molecule has 1 aliphatic heterocycles. The van der Waals surface area contributed by atoms with Gasteiger partial charge in [0.15, 0.2) is 0 Å². The Labute approximate surface area is 179 Å². The molecular weight excluding hydrogens is 415 g/mol. The van der Waals surface area contributed by atoms with Gasteiger partial charge in [-0.25, -0.2) is 5.01 Å². The number of nitrogens with zero attached hydrogens (tertiary/aromatic N) is 2. The summed E-state index contributed by atoms with van der Waals surface area (Å²) in [5.74, 6) is -0.126. The van der Waals surface area contributed by atoms with Crippen LogP contribution in [0.15, 0.2) is 59.2 Å². The molecule has 2 aromatic rings. The van der Waals surface area contributed by atoms with Crippen LogP contribution in [0.3, 0.4) is 0 Å². The number of fused-ring (bicyclic) bond motifs is 1. The van der Waals surface area contributed by atoms with E-state index in [1.165, 1.54) is 5.57 Å². The van der Waals surface area contributed by atoms with Crippen molar-refractivity contribution < 1.29 is 4.79 Å². The van der Waals surface area contributed by atoms with E-state index >= 15 is 0 Å². The molecule has 0 unspecified atom stereocenters. The van der Waals surface area contributed by atoms with Crippen molar-refractivity contribution in [2.45, 2.75) is 25.3 Å². The minimum absolute atomic E-state index is 0.0934. The van der Waals surface area contributed by atoms with E-state index < -0.39 is 0 Å². The van der Waals surface area contributed by atoms with E-state index in [4.69, 9.17) is 39.9 Å². The van der Waals surface area contributed by atoms with Gasteiger partial charge in [0.05, 0.1) is 11.8 Å². The molecule has 4 rings (SSSR count). The average molecular weight is 434 g/mol. The molecule has 28 heavy (non-hydrogen) atoms. The molecular formula is C22H19Cl3N2O. The highest BCUT2D eigenvalue weighted by Gasteiger charge is 2.43. The molecule has 0 N–H and O–H groups in total. The van der Waals surface area contributed by atoms with Crippen molar-refractivity contribution in [3.8, 4) is 0 Å². The van der Waals surface area contributed by atoms with Gasteiger partial charge in [0, 0.05) is 16.0 Å². The molecule has 1 heterocycles. The lowest BCUT2D eigenvalue weighted by atomic mass is 9.77. The van der Waals surface area contributed by atoms with E-state index in [1.54, 1.807) is 5.01 Å². The molecule has 1 fully saturated rings. The topological polar surface area (TPSA) is 32.7 Å². The van der Waals surface area contributed by atoms with Crippen LogP contribution < -0.4 is 0 Å². The fourth-order valence-electron chi connectivity index (χ4n) is 4.02. The Kier molecular flexibility index (Phi) is 5.77. The van der Waals surface area contributed by atoms with Crippen molar-refractivity contribution in [1.82, 2.24) is 5.01 Å². The molecule has 2 aliphatic rings. The second-order valence-corrected chi connectivity index (χ2v) is 8.21. The number of benzene rings is 2. The van der Waals surface area contributed by atoms with Gasteiger partial charge in [-0.2, -0.15) is 5.10 Å². The molecule has 1 aliphatic carbocycles. The largest absolute Gasteiger partial charge is 0.272 e. The highest BCUT2D eigenvalue weighted by molar-refractivity contribution is 6.31. The Hall–Kier alpha value is -1.81. The lowest BCUT2D eigenvalue weighted by Gasteiger charge is -2.29. The van der Waals surface area contributed by atoms with Crippen LogP contribution in [-0.4, -0.2) is 22.5 Å². The minimum Gasteiger partial charge on any atom is -0.272 e. The Balaban J connectivity index is 1.73. The smallest absolute Gasteiger partial charge is 0.258 e. The summed E-state index contributed by atoms with van der Waals surface area (Å²) in [5, 5.41) is 7.69. The van der Waals surface area contributed by atoms with Crippen molar-refractivity contribution in [2.24, 2.45) is 11.0 Å². The second-order valence-electron chi connectivity index (χ2n) is 7.07. The normalized spacial score (nSPS) is 22.9. The minimum atomic E-state index is -0.186. The van der Waals surface area contributed by atoms with Crippen molar-refractivity contribution in [3.63, 3.8) is 0 Å². The maximum absolute atomic E-state index is 12.5. The van der Waals surface area contributed by atoms with Crippen molar-refractivity contribution >= 4 is 52.5 Å². The van der Waals surface area contributed by atoms with E-state index in [-0.39, 0.29) is 23.7 Å². The summed E-state index contributed by atoms with van der Waals surface area (Å²) in [6, 6.07) is 15.2. The van der Waals surface area contributed by atoms with Gasteiger partial charge in [0.2, 0.25) is 0 Å². The van der Waals surface area contributed by atoms with Gasteiger partial charge in [-0.3, -0.25) is 4.79 Å². The first kappa shape index (κ1) is 19.5. The fourth-order valence-corrected chi connectivity index (χ4v) is 4.40. The Morgan fingerprint density at radius 2 is 1.71 bits per heavy atom. The standard InChI is InChI=1S/C22H19Cl3N2O/c23-13-20(28)27-22(15-6-10-18(25)11-7-15)19-3-1-2-16(21(19)26-27)12-14-4-8-17(24)9-5-14/h4-12,19,22H,1-3,13H2/b16-12+/t19-,22+/m0/s1. The summed E-state index contributed by atoms with van der Waals surface area (Å²) in [6.45, 7) is 0. The number of alkyl halides is 1. The first-order valence-electron chi connectivity index (χ1n) is 9.25. The van der Waals surface area contributed by atoms with Gasteiger partial charge in [-0.05, 0) is 66.3 Å². The molecule has 0 spiro atoms. The molecule has 1 amide bonds. The zero-order valence-electron chi connectivity index (χ0n) is 15.1. The molecule has 0 bridgehead atoms. The van der Waals surface area contributed by atoms with Gasteiger partial charge < -0.3 is 0 Å². The SMILES string of the molecule is O=C(CCl)N1N=C2/C(=C/c3ccc(Cl)cc3)CCC[C@@H]2[C@H]1c1ccc(Cl)cc1. The predicted octanol–water partition coefficient (Wildman–Crippen LogP) is 6.36. The number of hydrogen-bond donors (Lipinski definition) is 0. The van der Waals surface area contributed by atoms with E-state index in [0.29, 0.717) is 10.0 Å². The lowest BCUT2D eigenvalue weighted by Crippen LogP contribution is -2.32. The molecule has 0 saturated heterocycles. The molecule has 3 nitrogen and oxygen atoms in total. The predicted molar refractivity (Wildman–Crippen MR) is 116 cm³/mol. The number of amides is 1. The van der Waals surface area contributed by atoms with Crippen LogP contribution in [0.2, 0.25) is 10.0 Å². The molecule has 2 aromatic carbocycles. The summed E-state index contributed by atoms with van der Waals surface area (Å²) < 4.78 is 0. The number of hydrogen-bond acceptors (Lipinski definition) is 2. The molecule has 0 radical (unpaired) electrons. The fraction of sp³-hybridized carbons (Fsp3) is 0.273. The summed E-state index contributed by atoms with van der Waals surface area (Å²) >= 11 is 17.9. The van der Waals surface area contributed by atoms with Crippen LogP contribution in [0.25, 0.3) is 6.08 Å². The van der Waals surface area contributed by atoms with Crippen LogP contribution in [0.4, 0.5) is 0 Å². The number of allylic oxidation sites excluding steroid dienone is 1.